The lowest BCUT2D eigenvalue weighted by molar-refractivity contribution is -0.126. The lowest BCUT2D eigenvalue weighted by atomic mass is 9.98. The average molecular weight is 460 g/mol. The maximum Gasteiger partial charge on any atom is 0.243 e. The summed E-state index contributed by atoms with van der Waals surface area (Å²) >= 11 is 0. The maximum atomic E-state index is 13.8. The third kappa shape index (κ3) is 4.51. The van der Waals surface area contributed by atoms with E-state index in [1.165, 1.54) is 16.4 Å². The van der Waals surface area contributed by atoms with Crippen molar-refractivity contribution in [2.45, 2.75) is 44.2 Å². The SMILES string of the molecule is CCCn1nnc2cc(S(=O)(=O)N3CCC[C@H](C(=O)NCc4ccccc4F)C3)ccc21. The van der Waals surface area contributed by atoms with Gasteiger partial charge < -0.3 is 5.32 Å². The number of nitrogens with one attached hydrogen (secondary N) is 1. The van der Waals surface area contributed by atoms with Gasteiger partial charge in [0, 0.05) is 31.7 Å². The molecule has 0 bridgehead atoms. The van der Waals surface area contributed by atoms with Crippen LogP contribution in [0.1, 0.15) is 31.7 Å². The van der Waals surface area contributed by atoms with Gasteiger partial charge in [-0.25, -0.2) is 17.5 Å². The summed E-state index contributed by atoms with van der Waals surface area (Å²) in [6.45, 7) is 3.24. The molecule has 8 nitrogen and oxygen atoms in total. The topological polar surface area (TPSA) is 97.2 Å². The van der Waals surface area contributed by atoms with Crippen molar-refractivity contribution in [3.63, 3.8) is 0 Å². The van der Waals surface area contributed by atoms with Crippen LogP contribution in [0.3, 0.4) is 0 Å². The number of hydrogen-bond donors (Lipinski definition) is 1. The van der Waals surface area contributed by atoms with E-state index in [-0.39, 0.29) is 29.7 Å². The molecule has 1 N–H and O–H groups in total. The molecular formula is C22H26FN5O3S. The van der Waals surface area contributed by atoms with Crippen LogP contribution < -0.4 is 5.32 Å². The molecule has 0 spiro atoms. The Labute approximate surface area is 186 Å². The van der Waals surface area contributed by atoms with Gasteiger partial charge in [-0.1, -0.05) is 30.3 Å². The Kier molecular flexibility index (Phi) is 6.52. The van der Waals surface area contributed by atoms with E-state index in [4.69, 9.17) is 0 Å². The molecule has 3 aromatic rings. The Morgan fingerprint density at radius 1 is 1.25 bits per heavy atom. The smallest absolute Gasteiger partial charge is 0.243 e. The number of aryl methyl sites for hydroxylation is 1. The van der Waals surface area contributed by atoms with Crippen molar-refractivity contribution in [3.05, 3.63) is 53.8 Å². The zero-order chi connectivity index (χ0) is 22.7. The molecule has 1 atom stereocenters. The minimum Gasteiger partial charge on any atom is -0.352 e. The van der Waals surface area contributed by atoms with E-state index < -0.39 is 15.9 Å². The maximum absolute atomic E-state index is 13.8. The molecule has 0 saturated carbocycles. The number of aromatic nitrogens is 3. The predicted octanol–water partition coefficient (Wildman–Crippen LogP) is 2.70. The van der Waals surface area contributed by atoms with Crippen molar-refractivity contribution < 1.29 is 17.6 Å². The van der Waals surface area contributed by atoms with Gasteiger partial charge >= 0.3 is 0 Å². The first kappa shape index (κ1) is 22.3. The second-order valence-corrected chi connectivity index (χ2v) is 9.91. The minimum atomic E-state index is -3.78. The van der Waals surface area contributed by atoms with Gasteiger partial charge in [-0.3, -0.25) is 4.79 Å². The van der Waals surface area contributed by atoms with Crippen LogP contribution in [-0.2, 0) is 27.9 Å². The molecule has 170 valence electrons. The number of benzene rings is 2. The first-order valence-corrected chi connectivity index (χ1v) is 12.2. The Morgan fingerprint density at radius 3 is 2.84 bits per heavy atom. The molecular weight excluding hydrogens is 433 g/mol. The van der Waals surface area contributed by atoms with Gasteiger partial charge in [-0.05, 0) is 43.5 Å². The molecule has 2 aromatic carbocycles. The first-order chi connectivity index (χ1) is 15.4. The predicted molar refractivity (Wildman–Crippen MR) is 118 cm³/mol. The van der Waals surface area contributed by atoms with Crippen molar-refractivity contribution in [1.29, 1.82) is 0 Å². The Bertz CT molecular complexity index is 1230. The number of rotatable bonds is 7. The van der Waals surface area contributed by atoms with E-state index in [1.807, 2.05) is 6.92 Å². The average Bonchev–Trinajstić information content (AvgIpc) is 3.21. The molecule has 0 aliphatic carbocycles. The second kappa shape index (κ2) is 9.33. The van der Waals surface area contributed by atoms with Gasteiger partial charge in [0.1, 0.15) is 11.3 Å². The third-order valence-corrected chi connectivity index (χ3v) is 7.59. The van der Waals surface area contributed by atoms with Gasteiger partial charge in [-0.15, -0.1) is 5.10 Å². The van der Waals surface area contributed by atoms with Crippen molar-refractivity contribution in [2.24, 2.45) is 5.92 Å². The summed E-state index contributed by atoms with van der Waals surface area (Å²) in [5, 5.41) is 10.9. The standard InChI is InChI=1S/C22H26FN5O3S/c1-2-11-28-21-10-9-18(13-20(21)25-26-28)32(30,31)27-12-5-7-17(15-27)22(29)24-14-16-6-3-4-8-19(16)23/h3-4,6,8-10,13,17H,2,5,7,11-12,14-15H2,1H3,(H,24,29)/t17-/m0/s1. The summed E-state index contributed by atoms with van der Waals surface area (Å²) < 4.78 is 43.4. The Balaban J connectivity index is 1.46. The molecule has 4 rings (SSSR count). The molecule has 1 aromatic heterocycles. The number of halogens is 1. The van der Waals surface area contributed by atoms with Crippen LogP contribution in [0.25, 0.3) is 11.0 Å². The molecule has 10 heteroatoms. The summed E-state index contributed by atoms with van der Waals surface area (Å²) in [7, 11) is -3.78. The van der Waals surface area contributed by atoms with Crippen LogP contribution in [0.15, 0.2) is 47.4 Å². The van der Waals surface area contributed by atoms with Crippen LogP contribution in [0, 0.1) is 11.7 Å². The van der Waals surface area contributed by atoms with E-state index in [0.29, 0.717) is 37.0 Å². The van der Waals surface area contributed by atoms with Gasteiger partial charge in [0.2, 0.25) is 15.9 Å². The monoisotopic (exact) mass is 459 g/mol. The third-order valence-electron chi connectivity index (χ3n) is 5.72. The zero-order valence-corrected chi connectivity index (χ0v) is 18.7. The van der Waals surface area contributed by atoms with Crippen LogP contribution in [-0.4, -0.2) is 46.7 Å². The molecule has 2 heterocycles. The first-order valence-electron chi connectivity index (χ1n) is 10.7. The number of nitrogens with zero attached hydrogens (tertiary/aromatic N) is 4. The number of sulfonamides is 1. The van der Waals surface area contributed by atoms with Crippen LogP contribution in [0.4, 0.5) is 4.39 Å². The highest BCUT2D eigenvalue weighted by molar-refractivity contribution is 7.89. The van der Waals surface area contributed by atoms with E-state index in [0.717, 1.165) is 11.9 Å². The quantitative estimate of drug-likeness (QED) is 0.586. The van der Waals surface area contributed by atoms with Crippen LogP contribution in [0.2, 0.25) is 0 Å². The second-order valence-electron chi connectivity index (χ2n) is 7.97. The molecule has 0 unspecified atom stereocenters. The van der Waals surface area contributed by atoms with E-state index >= 15 is 0 Å². The number of carbonyl (C=O) groups is 1. The highest BCUT2D eigenvalue weighted by atomic mass is 32.2. The van der Waals surface area contributed by atoms with Crippen molar-refractivity contribution in [1.82, 2.24) is 24.6 Å². The summed E-state index contributed by atoms with van der Waals surface area (Å²) in [5.74, 6) is -1.14. The largest absolute Gasteiger partial charge is 0.352 e. The van der Waals surface area contributed by atoms with Gasteiger partial charge in [0.25, 0.3) is 0 Å². The normalized spacial score (nSPS) is 17.5. The van der Waals surface area contributed by atoms with Crippen molar-refractivity contribution in [2.75, 3.05) is 13.1 Å². The fourth-order valence-corrected chi connectivity index (χ4v) is 5.53. The summed E-state index contributed by atoms with van der Waals surface area (Å²) in [6.07, 6.45) is 2.05. The van der Waals surface area contributed by atoms with Gasteiger partial charge in [-0.2, -0.15) is 4.31 Å². The molecule has 1 saturated heterocycles. The molecule has 1 aliphatic rings. The van der Waals surface area contributed by atoms with Crippen LogP contribution >= 0.6 is 0 Å². The lowest BCUT2D eigenvalue weighted by Crippen LogP contribution is -2.45. The Morgan fingerprint density at radius 2 is 2.06 bits per heavy atom. The number of carbonyl (C=O) groups excluding carboxylic acids is 1. The fraction of sp³-hybridized carbons (Fsp3) is 0.409. The number of amides is 1. The van der Waals surface area contributed by atoms with Crippen molar-refractivity contribution >= 4 is 27.0 Å². The summed E-state index contributed by atoms with van der Waals surface area (Å²) in [4.78, 5) is 12.8. The number of fused-ring (bicyclic) bond motifs is 1. The van der Waals surface area contributed by atoms with Gasteiger partial charge in [0.05, 0.1) is 16.3 Å². The zero-order valence-electron chi connectivity index (χ0n) is 17.9. The van der Waals surface area contributed by atoms with Crippen molar-refractivity contribution in [3.8, 4) is 0 Å². The molecule has 1 aliphatic heterocycles. The van der Waals surface area contributed by atoms with E-state index in [1.54, 1.807) is 35.0 Å². The Hall–Kier alpha value is -2.85. The fourth-order valence-electron chi connectivity index (χ4n) is 3.98. The molecule has 32 heavy (non-hydrogen) atoms. The summed E-state index contributed by atoms with van der Waals surface area (Å²) in [6, 6.07) is 11.1. The number of piperidine rings is 1. The minimum absolute atomic E-state index is 0.0683. The van der Waals surface area contributed by atoms with E-state index in [2.05, 4.69) is 15.6 Å². The molecule has 0 radical (unpaired) electrons. The highest BCUT2D eigenvalue weighted by Gasteiger charge is 2.33. The lowest BCUT2D eigenvalue weighted by Gasteiger charge is -2.31. The van der Waals surface area contributed by atoms with E-state index in [9.17, 15) is 17.6 Å². The van der Waals surface area contributed by atoms with Crippen LogP contribution in [0.5, 0.6) is 0 Å². The summed E-state index contributed by atoms with van der Waals surface area (Å²) in [5.41, 5.74) is 1.70. The highest BCUT2D eigenvalue weighted by Crippen LogP contribution is 2.26. The van der Waals surface area contributed by atoms with Gasteiger partial charge in [0.15, 0.2) is 0 Å². The molecule has 1 fully saturated rings. The number of hydrogen-bond acceptors (Lipinski definition) is 5. The molecule has 1 amide bonds.